The Balaban J connectivity index is 2.11. The number of amides is 1. The molecule has 3 rings (SSSR count). The van der Waals surface area contributed by atoms with Gasteiger partial charge in [-0.2, -0.15) is 0 Å². The van der Waals surface area contributed by atoms with Crippen molar-refractivity contribution in [3.8, 4) is 0 Å². The molecule has 2 aliphatic rings. The molecule has 1 amide bonds. The highest BCUT2D eigenvalue weighted by Crippen LogP contribution is 2.43. The minimum atomic E-state index is -0.452. The van der Waals surface area contributed by atoms with Crippen LogP contribution in [0.4, 0.5) is 0 Å². The molecule has 0 aromatic carbocycles. The molecular weight excluding hydrogens is 328 g/mol. The van der Waals surface area contributed by atoms with Gasteiger partial charge in [0.1, 0.15) is 11.6 Å². The van der Waals surface area contributed by atoms with Gasteiger partial charge in [0, 0.05) is 28.3 Å². The molecule has 2 N–H and O–H groups in total. The molecule has 0 spiro atoms. The van der Waals surface area contributed by atoms with Gasteiger partial charge in [-0.15, -0.1) is 11.3 Å². The number of hydrogen-bond donors (Lipinski definition) is 2. The molecule has 0 saturated carbocycles. The highest BCUT2D eigenvalue weighted by atomic mass is 79.9. The number of likely N-dealkylation sites (tertiary alicyclic amines) is 1. The standard InChI is InChI=1S/C12H15BrN4OS/c1-16-4-3-12(8-5-7(13)6-19-8)9(16)10(18)17(2)11(14)15-12/h5-6,9H,3-4H2,1-2H3,(H2,14,15)/t9?,12-/m0/s1. The van der Waals surface area contributed by atoms with Crippen LogP contribution in [0.5, 0.6) is 0 Å². The number of nitrogens with one attached hydrogen (secondary N) is 2. The molecule has 1 aromatic rings. The molecule has 7 heteroatoms. The summed E-state index contributed by atoms with van der Waals surface area (Å²) in [6.07, 6.45) is 0.836. The molecule has 19 heavy (non-hydrogen) atoms. The molecule has 2 fully saturated rings. The molecule has 0 aliphatic carbocycles. The first-order valence-electron chi connectivity index (χ1n) is 6.05. The summed E-state index contributed by atoms with van der Waals surface area (Å²) < 4.78 is 1.02. The second-order valence-corrected chi connectivity index (χ2v) is 6.93. The van der Waals surface area contributed by atoms with E-state index in [1.54, 1.807) is 18.4 Å². The second kappa shape index (κ2) is 4.29. The minimum Gasteiger partial charge on any atom is -0.344 e. The van der Waals surface area contributed by atoms with Crippen LogP contribution in [-0.2, 0) is 10.3 Å². The Morgan fingerprint density at radius 2 is 2.32 bits per heavy atom. The number of nitrogens with zero attached hydrogens (tertiary/aromatic N) is 2. The average molecular weight is 343 g/mol. The van der Waals surface area contributed by atoms with E-state index in [-0.39, 0.29) is 17.9 Å². The van der Waals surface area contributed by atoms with Gasteiger partial charge in [-0.3, -0.25) is 20.0 Å². The summed E-state index contributed by atoms with van der Waals surface area (Å²) in [6, 6.07) is 1.81. The summed E-state index contributed by atoms with van der Waals surface area (Å²) >= 11 is 5.10. The molecule has 0 radical (unpaired) electrons. The quantitative estimate of drug-likeness (QED) is 0.811. The van der Waals surface area contributed by atoms with Gasteiger partial charge in [-0.25, -0.2) is 0 Å². The van der Waals surface area contributed by atoms with Gasteiger partial charge in [-0.1, -0.05) is 0 Å². The normalized spacial score (nSPS) is 31.5. The van der Waals surface area contributed by atoms with Gasteiger partial charge in [-0.05, 0) is 35.5 Å². The minimum absolute atomic E-state index is 0.00623. The number of hydrogen-bond acceptors (Lipinski definition) is 4. The Hall–Kier alpha value is -0.920. The smallest absolute Gasteiger partial charge is 0.249 e. The van der Waals surface area contributed by atoms with E-state index in [4.69, 9.17) is 5.41 Å². The molecule has 2 saturated heterocycles. The molecule has 2 aliphatic heterocycles. The molecule has 2 atom stereocenters. The van der Waals surface area contributed by atoms with E-state index in [1.807, 2.05) is 12.4 Å². The van der Waals surface area contributed by atoms with Crippen molar-refractivity contribution in [1.29, 1.82) is 5.41 Å². The van der Waals surface area contributed by atoms with E-state index >= 15 is 0 Å². The highest BCUT2D eigenvalue weighted by Gasteiger charge is 2.56. The molecule has 102 valence electrons. The zero-order valence-electron chi connectivity index (χ0n) is 10.7. The van der Waals surface area contributed by atoms with Crippen molar-refractivity contribution in [2.24, 2.45) is 0 Å². The summed E-state index contributed by atoms with van der Waals surface area (Å²) in [7, 11) is 3.62. The first kappa shape index (κ1) is 13.1. The summed E-state index contributed by atoms with van der Waals surface area (Å²) in [5, 5.41) is 13.3. The van der Waals surface area contributed by atoms with Crippen molar-refractivity contribution in [2.75, 3.05) is 20.6 Å². The van der Waals surface area contributed by atoms with Crippen LogP contribution < -0.4 is 5.32 Å². The van der Waals surface area contributed by atoms with Crippen LogP contribution in [0.25, 0.3) is 0 Å². The monoisotopic (exact) mass is 342 g/mol. The third kappa shape index (κ3) is 1.75. The number of carbonyl (C=O) groups excluding carboxylic acids is 1. The van der Waals surface area contributed by atoms with Crippen molar-refractivity contribution in [1.82, 2.24) is 15.1 Å². The fraction of sp³-hybridized carbons (Fsp3) is 0.500. The van der Waals surface area contributed by atoms with Gasteiger partial charge in [0.2, 0.25) is 5.91 Å². The van der Waals surface area contributed by atoms with Crippen LogP contribution in [0.15, 0.2) is 15.9 Å². The Labute approximate surface area is 124 Å². The van der Waals surface area contributed by atoms with Crippen molar-refractivity contribution >= 4 is 39.1 Å². The van der Waals surface area contributed by atoms with Gasteiger partial charge in [0.15, 0.2) is 5.96 Å². The molecule has 5 nitrogen and oxygen atoms in total. The third-order valence-corrected chi connectivity index (χ3v) is 5.88. The first-order chi connectivity index (χ1) is 8.95. The van der Waals surface area contributed by atoms with Gasteiger partial charge in [0.05, 0.1) is 0 Å². The number of guanidine groups is 1. The Bertz CT molecular complexity index is 560. The number of carbonyl (C=O) groups is 1. The van der Waals surface area contributed by atoms with E-state index in [9.17, 15) is 4.79 Å². The molecule has 1 unspecified atom stereocenters. The van der Waals surface area contributed by atoms with E-state index in [0.717, 1.165) is 22.3 Å². The van der Waals surface area contributed by atoms with Crippen molar-refractivity contribution in [3.05, 3.63) is 20.8 Å². The second-order valence-electron chi connectivity index (χ2n) is 5.10. The number of thiophene rings is 1. The zero-order chi connectivity index (χ0) is 13.8. The van der Waals surface area contributed by atoms with Gasteiger partial charge < -0.3 is 5.32 Å². The van der Waals surface area contributed by atoms with Crippen LogP contribution in [0, 0.1) is 5.41 Å². The lowest BCUT2D eigenvalue weighted by Crippen LogP contribution is -2.67. The lowest BCUT2D eigenvalue weighted by Gasteiger charge is -2.44. The zero-order valence-corrected chi connectivity index (χ0v) is 13.1. The summed E-state index contributed by atoms with van der Waals surface area (Å²) in [5.74, 6) is 0.175. The summed E-state index contributed by atoms with van der Waals surface area (Å²) in [5.41, 5.74) is -0.452. The topological polar surface area (TPSA) is 59.4 Å². The predicted octanol–water partition coefficient (Wildman–Crippen LogP) is 1.41. The highest BCUT2D eigenvalue weighted by molar-refractivity contribution is 9.10. The SMILES string of the molecule is CN1C(=N)N[C@]2(c3cc(Br)cs3)CCN(C)C2C1=O. The lowest BCUT2D eigenvalue weighted by molar-refractivity contribution is -0.134. The number of rotatable bonds is 1. The van der Waals surface area contributed by atoms with Crippen LogP contribution in [0.2, 0.25) is 0 Å². The van der Waals surface area contributed by atoms with Crippen LogP contribution >= 0.6 is 27.3 Å². The third-order valence-electron chi connectivity index (χ3n) is 4.01. The maximum absolute atomic E-state index is 12.5. The fourth-order valence-corrected chi connectivity index (χ4v) is 4.62. The van der Waals surface area contributed by atoms with E-state index in [0.29, 0.717) is 0 Å². The van der Waals surface area contributed by atoms with E-state index < -0.39 is 5.54 Å². The maximum Gasteiger partial charge on any atom is 0.249 e. The Kier molecular flexibility index (Phi) is 2.95. The summed E-state index contributed by atoms with van der Waals surface area (Å²) in [6.45, 7) is 0.847. The van der Waals surface area contributed by atoms with E-state index in [1.165, 1.54) is 4.90 Å². The lowest BCUT2D eigenvalue weighted by atomic mass is 9.86. The van der Waals surface area contributed by atoms with Gasteiger partial charge >= 0.3 is 0 Å². The Morgan fingerprint density at radius 1 is 1.58 bits per heavy atom. The van der Waals surface area contributed by atoms with Crippen molar-refractivity contribution < 1.29 is 4.79 Å². The Morgan fingerprint density at radius 3 is 2.95 bits per heavy atom. The first-order valence-corrected chi connectivity index (χ1v) is 7.72. The van der Waals surface area contributed by atoms with Gasteiger partial charge in [0.25, 0.3) is 0 Å². The molecule has 0 bridgehead atoms. The van der Waals surface area contributed by atoms with Crippen molar-refractivity contribution in [2.45, 2.75) is 18.0 Å². The van der Waals surface area contributed by atoms with Crippen LogP contribution in [0.3, 0.4) is 0 Å². The summed E-state index contributed by atoms with van der Waals surface area (Å²) in [4.78, 5) is 17.1. The number of likely N-dealkylation sites (N-methyl/N-ethyl adjacent to an activating group) is 2. The van der Waals surface area contributed by atoms with Crippen LogP contribution in [-0.4, -0.2) is 48.3 Å². The number of fused-ring (bicyclic) bond motifs is 1. The largest absolute Gasteiger partial charge is 0.344 e. The van der Waals surface area contributed by atoms with Crippen LogP contribution in [0.1, 0.15) is 11.3 Å². The molecule has 1 aromatic heterocycles. The predicted molar refractivity (Wildman–Crippen MR) is 78.4 cm³/mol. The molecule has 3 heterocycles. The molecular formula is C12H15BrN4OS. The maximum atomic E-state index is 12.5. The number of halogens is 1. The average Bonchev–Trinajstić information content (AvgIpc) is 2.92. The van der Waals surface area contributed by atoms with Crippen molar-refractivity contribution in [3.63, 3.8) is 0 Å². The van der Waals surface area contributed by atoms with E-state index in [2.05, 4.69) is 32.2 Å². The fourth-order valence-electron chi connectivity index (χ4n) is 2.98.